The van der Waals surface area contributed by atoms with Crippen LogP contribution in [0.15, 0.2) is 36.4 Å². The van der Waals surface area contributed by atoms with Crippen LogP contribution in [0.1, 0.15) is 29.7 Å². The average molecular weight is 291 g/mol. The third-order valence-electron chi connectivity index (χ3n) is 3.44. The lowest BCUT2D eigenvalue weighted by molar-refractivity contribution is 0.410. The van der Waals surface area contributed by atoms with Gasteiger partial charge in [0.25, 0.3) is 0 Å². The van der Waals surface area contributed by atoms with E-state index in [9.17, 15) is 8.78 Å². The smallest absolute Gasteiger partial charge is 0.132 e. The molecule has 2 aromatic rings. The summed E-state index contributed by atoms with van der Waals surface area (Å²) in [7, 11) is 1.50. The molecule has 0 saturated carbocycles. The molecule has 0 fully saturated rings. The molecule has 0 aromatic heterocycles. The number of benzene rings is 2. The van der Waals surface area contributed by atoms with Crippen LogP contribution in [0.5, 0.6) is 5.75 Å². The Balaban J connectivity index is 2.45. The van der Waals surface area contributed by atoms with Gasteiger partial charge in [0.15, 0.2) is 0 Å². The van der Waals surface area contributed by atoms with E-state index in [1.54, 1.807) is 31.2 Å². The number of aryl methyl sites for hydroxylation is 1. The molecule has 1 atom stereocenters. The first-order chi connectivity index (χ1) is 10.1. The summed E-state index contributed by atoms with van der Waals surface area (Å²) in [6.07, 6.45) is 0. The Bertz CT molecular complexity index is 628. The van der Waals surface area contributed by atoms with Crippen molar-refractivity contribution in [2.75, 3.05) is 13.7 Å². The highest BCUT2D eigenvalue weighted by atomic mass is 19.1. The Morgan fingerprint density at radius 3 is 2.43 bits per heavy atom. The van der Waals surface area contributed by atoms with Crippen molar-refractivity contribution in [1.29, 1.82) is 0 Å². The summed E-state index contributed by atoms with van der Waals surface area (Å²) in [5, 5.41) is 3.24. The highest BCUT2D eigenvalue weighted by molar-refractivity contribution is 5.38. The molecular formula is C17H19F2NO. The highest BCUT2D eigenvalue weighted by Gasteiger charge is 2.18. The first-order valence-corrected chi connectivity index (χ1v) is 6.89. The molecule has 2 nitrogen and oxygen atoms in total. The fraction of sp³-hybridized carbons (Fsp3) is 0.294. The zero-order valence-electron chi connectivity index (χ0n) is 12.4. The van der Waals surface area contributed by atoms with Gasteiger partial charge in [-0.3, -0.25) is 0 Å². The lowest BCUT2D eigenvalue weighted by Gasteiger charge is -2.20. The van der Waals surface area contributed by atoms with Crippen LogP contribution < -0.4 is 10.1 Å². The Labute approximate surface area is 123 Å². The minimum absolute atomic E-state index is 0.260. The van der Waals surface area contributed by atoms with E-state index in [0.29, 0.717) is 23.4 Å². The van der Waals surface area contributed by atoms with Gasteiger partial charge in [-0.1, -0.05) is 25.1 Å². The minimum atomic E-state index is -0.345. The van der Waals surface area contributed by atoms with Gasteiger partial charge < -0.3 is 10.1 Å². The second-order valence-corrected chi connectivity index (χ2v) is 4.89. The van der Waals surface area contributed by atoms with E-state index in [0.717, 1.165) is 5.56 Å². The second kappa shape index (κ2) is 6.68. The summed E-state index contributed by atoms with van der Waals surface area (Å²) in [6.45, 7) is 4.32. The van der Waals surface area contributed by atoms with Crippen LogP contribution >= 0.6 is 0 Å². The summed E-state index contributed by atoms with van der Waals surface area (Å²) in [6, 6.07) is 9.29. The maximum atomic E-state index is 14.3. The van der Waals surface area contributed by atoms with Gasteiger partial charge in [-0.15, -0.1) is 0 Å². The zero-order valence-corrected chi connectivity index (χ0v) is 12.4. The van der Waals surface area contributed by atoms with Crippen molar-refractivity contribution >= 4 is 0 Å². The molecule has 0 heterocycles. The fourth-order valence-corrected chi connectivity index (χ4v) is 2.33. The Kier molecular flexibility index (Phi) is 4.91. The number of rotatable bonds is 5. The van der Waals surface area contributed by atoms with E-state index in [1.807, 2.05) is 6.92 Å². The first kappa shape index (κ1) is 15.4. The molecule has 4 heteroatoms. The van der Waals surface area contributed by atoms with Crippen LogP contribution in [0.4, 0.5) is 8.78 Å². The van der Waals surface area contributed by atoms with Crippen molar-refractivity contribution in [2.45, 2.75) is 19.9 Å². The lowest BCUT2D eigenvalue weighted by atomic mass is 9.96. The molecule has 1 unspecified atom stereocenters. The zero-order chi connectivity index (χ0) is 15.4. The van der Waals surface area contributed by atoms with Crippen molar-refractivity contribution in [3.63, 3.8) is 0 Å². The summed E-state index contributed by atoms with van der Waals surface area (Å²) >= 11 is 0. The summed E-state index contributed by atoms with van der Waals surface area (Å²) in [4.78, 5) is 0. The molecule has 0 aliphatic rings. The molecule has 0 aliphatic carbocycles. The molecule has 2 rings (SSSR count). The molecule has 2 aromatic carbocycles. The van der Waals surface area contributed by atoms with E-state index in [2.05, 4.69) is 5.32 Å². The maximum absolute atomic E-state index is 14.3. The molecule has 0 radical (unpaired) electrons. The molecule has 0 amide bonds. The normalized spacial score (nSPS) is 12.2. The van der Waals surface area contributed by atoms with E-state index < -0.39 is 0 Å². The molecule has 0 spiro atoms. The molecule has 0 aliphatic heterocycles. The third kappa shape index (κ3) is 3.39. The van der Waals surface area contributed by atoms with E-state index in [4.69, 9.17) is 4.74 Å². The topological polar surface area (TPSA) is 21.3 Å². The van der Waals surface area contributed by atoms with Gasteiger partial charge in [-0.05, 0) is 36.7 Å². The van der Waals surface area contributed by atoms with Gasteiger partial charge in [-0.25, -0.2) is 8.78 Å². The number of ether oxygens (including phenoxy) is 1. The van der Waals surface area contributed by atoms with Crippen molar-refractivity contribution in [3.05, 3.63) is 64.7 Å². The molecule has 1 N–H and O–H groups in total. The molecule has 21 heavy (non-hydrogen) atoms. The van der Waals surface area contributed by atoms with Crippen LogP contribution in [0.25, 0.3) is 0 Å². The Morgan fingerprint density at radius 2 is 1.86 bits per heavy atom. The largest absolute Gasteiger partial charge is 0.497 e. The van der Waals surface area contributed by atoms with E-state index in [-0.39, 0.29) is 17.7 Å². The van der Waals surface area contributed by atoms with E-state index >= 15 is 0 Å². The monoisotopic (exact) mass is 291 g/mol. The summed E-state index contributed by atoms with van der Waals surface area (Å²) in [5.74, 6) is -0.131. The minimum Gasteiger partial charge on any atom is -0.497 e. The first-order valence-electron chi connectivity index (χ1n) is 6.89. The van der Waals surface area contributed by atoms with Gasteiger partial charge in [-0.2, -0.15) is 0 Å². The second-order valence-electron chi connectivity index (χ2n) is 4.89. The number of methoxy groups -OCH3 is 1. The number of hydrogen-bond acceptors (Lipinski definition) is 2. The maximum Gasteiger partial charge on any atom is 0.132 e. The van der Waals surface area contributed by atoms with Gasteiger partial charge in [0.05, 0.1) is 13.2 Å². The van der Waals surface area contributed by atoms with Gasteiger partial charge in [0.1, 0.15) is 17.4 Å². The SMILES string of the molecule is CCNC(c1ccc(F)c(C)c1)c1ccc(OC)cc1F. The molecule has 0 saturated heterocycles. The lowest BCUT2D eigenvalue weighted by Crippen LogP contribution is -2.23. The fourth-order valence-electron chi connectivity index (χ4n) is 2.33. The van der Waals surface area contributed by atoms with Gasteiger partial charge in [0.2, 0.25) is 0 Å². The van der Waals surface area contributed by atoms with Crippen molar-refractivity contribution in [3.8, 4) is 5.75 Å². The van der Waals surface area contributed by atoms with Crippen LogP contribution in [0.2, 0.25) is 0 Å². The summed E-state index contributed by atoms with van der Waals surface area (Å²) in [5.41, 5.74) is 1.90. The van der Waals surface area contributed by atoms with Crippen LogP contribution in [0, 0.1) is 18.6 Å². The Hall–Kier alpha value is -1.94. The molecule has 112 valence electrons. The summed E-state index contributed by atoms with van der Waals surface area (Å²) < 4.78 is 32.7. The van der Waals surface area contributed by atoms with Crippen molar-refractivity contribution in [2.24, 2.45) is 0 Å². The number of halogens is 2. The Morgan fingerprint density at radius 1 is 1.10 bits per heavy atom. The predicted octanol–water partition coefficient (Wildman–Crippen LogP) is 3.98. The van der Waals surface area contributed by atoms with Crippen molar-refractivity contribution < 1.29 is 13.5 Å². The predicted molar refractivity (Wildman–Crippen MR) is 79.6 cm³/mol. The average Bonchev–Trinajstić information content (AvgIpc) is 2.48. The highest BCUT2D eigenvalue weighted by Crippen LogP contribution is 2.28. The molecule has 0 bridgehead atoms. The quantitative estimate of drug-likeness (QED) is 0.899. The van der Waals surface area contributed by atoms with E-state index in [1.165, 1.54) is 19.2 Å². The number of nitrogens with one attached hydrogen (secondary N) is 1. The number of hydrogen-bond donors (Lipinski definition) is 1. The standard InChI is InChI=1S/C17H19F2NO/c1-4-20-17(12-5-8-15(18)11(2)9-12)14-7-6-13(21-3)10-16(14)19/h5-10,17,20H,4H2,1-3H3. The van der Waals surface area contributed by atoms with Gasteiger partial charge in [0, 0.05) is 11.6 Å². The molecular weight excluding hydrogens is 272 g/mol. The van der Waals surface area contributed by atoms with Crippen LogP contribution in [-0.4, -0.2) is 13.7 Å². The van der Waals surface area contributed by atoms with Gasteiger partial charge >= 0.3 is 0 Å². The third-order valence-corrected chi connectivity index (χ3v) is 3.44. The van der Waals surface area contributed by atoms with Crippen molar-refractivity contribution in [1.82, 2.24) is 5.32 Å². The van der Waals surface area contributed by atoms with Crippen LogP contribution in [0.3, 0.4) is 0 Å². The van der Waals surface area contributed by atoms with Crippen LogP contribution in [-0.2, 0) is 0 Å².